The molecule has 0 N–H and O–H groups in total. The average molecular weight is 213 g/mol. The molecular formula is C11H19NO3. The van der Waals surface area contributed by atoms with Gasteiger partial charge in [0.1, 0.15) is 12.3 Å². The predicted octanol–water partition coefficient (Wildman–Crippen LogP) is 0.696. The topological polar surface area (TPSA) is 57.2 Å². The second-order valence-corrected chi connectivity index (χ2v) is 5.23. The Morgan fingerprint density at radius 2 is 2.13 bits per heavy atom. The number of carboxylic acid groups (broad SMARTS) is 1. The van der Waals surface area contributed by atoms with E-state index in [1.807, 2.05) is 20.8 Å². The lowest BCUT2D eigenvalue weighted by molar-refractivity contribution is -0.929. The number of amides is 1. The van der Waals surface area contributed by atoms with Gasteiger partial charge >= 0.3 is 0 Å². The van der Waals surface area contributed by atoms with Gasteiger partial charge in [-0.25, -0.2) is 0 Å². The van der Waals surface area contributed by atoms with Crippen LogP contribution in [0.5, 0.6) is 0 Å². The summed E-state index contributed by atoms with van der Waals surface area (Å²) in [5, 5.41) is 11.4. The van der Waals surface area contributed by atoms with Crippen molar-refractivity contribution in [2.24, 2.45) is 0 Å². The minimum atomic E-state index is -1.05. The Morgan fingerprint density at radius 1 is 1.53 bits per heavy atom. The van der Waals surface area contributed by atoms with Gasteiger partial charge in [-0.1, -0.05) is 0 Å². The summed E-state index contributed by atoms with van der Waals surface area (Å²) in [6.45, 7) is 6.26. The molecule has 0 radical (unpaired) electrons. The molecule has 2 atom stereocenters. The number of quaternary nitrogens is 1. The molecule has 1 saturated heterocycles. The van der Waals surface area contributed by atoms with E-state index in [2.05, 4.69) is 0 Å². The number of aldehydes is 1. The van der Waals surface area contributed by atoms with Crippen molar-refractivity contribution < 1.29 is 19.2 Å². The lowest BCUT2D eigenvalue weighted by Gasteiger charge is -2.48. The molecule has 4 nitrogen and oxygen atoms in total. The molecule has 0 bridgehead atoms. The van der Waals surface area contributed by atoms with Crippen LogP contribution in [0.4, 0.5) is 4.79 Å². The van der Waals surface area contributed by atoms with Crippen LogP contribution in [0.3, 0.4) is 0 Å². The highest BCUT2D eigenvalue weighted by Crippen LogP contribution is 2.37. The average Bonchev–Trinajstić information content (AvgIpc) is 2.48. The molecule has 1 aliphatic rings. The minimum absolute atomic E-state index is 0.0776. The highest BCUT2D eigenvalue weighted by molar-refractivity contribution is 5.57. The fourth-order valence-electron chi connectivity index (χ4n) is 2.79. The predicted molar refractivity (Wildman–Crippen MR) is 54.0 cm³/mol. The number of carbonyl (C=O) groups is 2. The number of hydrogen-bond acceptors (Lipinski definition) is 3. The molecule has 0 aromatic rings. The normalized spacial score (nSPS) is 31.5. The summed E-state index contributed by atoms with van der Waals surface area (Å²) >= 11 is 0. The van der Waals surface area contributed by atoms with E-state index < -0.39 is 11.6 Å². The number of nitrogens with zero attached hydrogens (tertiary/aromatic N) is 1. The van der Waals surface area contributed by atoms with E-state index in [0.29, 0.717) is 13.0 Å². The highest BCUT2D eigenvalue weighted by atomic mass is 16.4. The summed E-state index contributed by atoms with van der Waals surface area (Å²) in [4.78, 5) is 22.0. The van der Waals surface area contributed by atoms with Gasteiger partial charge in [-0.2, -0.15) is 0 Å². The molecule has 1 fully saturated rings. The van der Waals surface area contributed by atoms with Crippen molar-refractivity contribution in [1.29, 1.82) is 0 Å². The van der Waals surface area contributed by atoms with Gasteiger partial charge in [0, 0.05) is 12.8 Å². The molecule has 2 unspecified atom stereocenters. The molecule has 4 heteroatoms. The summed E-state index contributed by atoms with van der Waals surface area (Å²) < 4.78 is -0.0776. The zero-order valence-electron chi connectivity index (χ0n) is 9.66. The third-order valence-corrected chi connectivity index (χ3v) is 3.56. The Hall–Kier alpha value is -0.900. The quantitative estimate of drug-likeness (QED) is 0.501. The molecule has 1 aliphatic heterocycles. The Morgan fingerprint density at radius 3 is 2.53 bits per heavy atom. The van der Waals surface area contributed by atoms with Crippen LogP contribution in [-0.4, -0.2) is 35.0 Å². The van der Waals surface area contributed by atoms with E-state index in [0.717, 1.165) is 19.1 Å². The monoisotopic (exact) mass is 213 g/mol. The van der Waals surface area contributed by atoms with Crippen LogP contribution in [0.25, 0.3) is 0 Å². The van der Waals surface area contributed by atoms with Crippen molar-refractivity contribution in [3.8, 4) is 0 Å². The molecule has 0 saturated carbocycles. The van der Waals surface area contributed by atoms with E-state index in [-0.39, 0.29) is 10.5 Å². The number of hydrogen-bond donors (Lipinski definition) is 0. The van der Waals surface area contributed by atoms with E-state index >= 15 is 0 Å². The van der Waals surface area contributed by atoms with E-state index in [1.54, 1.807) is 0 Å². The van der Waals surface area contributed by atoms with Gasteiger partial charge in [0.25, 0.3) is 6.09 Å². The first-order valence-corrected chi connectivity index (χ1v) is 5.39. The smallest absolute Gasteiger partial charge is 0.258 e. The minimum Gasteiger partial charge on any atom is -0.498 e. The molecular weight excluding hydrogens is 194 g/mol. The summed E-state index contributed by atoms with van der Waals surface area (Å²) in [7, 11) is 0. The van der Waals surface area contributed by atoms with Gasteiger partial charge in [-0.3, -0.25) is 4.48 Å². The van der Waals surface area contributed by atoms with E-state index in [1.165, 1.54) is 0 Å². The van der Waals surface area contributed by atoms with Crippen LogP contribution in [-0.2, 0) is 4.79 Å². The van der Waals surface area contributed by atoms with E-state index in [9.17, 15) is 14.7 Å². The van der Waals surface area contributed by atoms with Gasteiger partial charge in [-0.05, 0) is 20.8 Å². The number of likely N-dealkylation sites (tertiary alicyclic amines) is 1. The van der Waals surface area contributed by atoms with Crippen LogP contribution in [0.15, 0.2) is 0 Å². The lowest BCUT2D eigenvalue weighted by Crippen LogP contribution is -2.69. The first-order valence-electron chi connectivity index (χ1n) is 5.39. The van der Waals surface area contributed by atoms with Gasteiger partial charge in [0.15, 0.2) is 0 Å². The summed E-state index contributed by atoms with van der Waals surface area (Å²) in [6.07, 6.45) is 1.73. The Bertz CT molecular complexity index is 269. The molecule has 0 aromatic carbocycles. The summed E-state index contributed by atoms with van der Waals surface area (Å²) in [5.74, 6) is 0. The van der Waals surface area contributed by atoms with Gasteiger partial charge in [0.05, 0.1) is 18.5 Å². The first-order chi connectivity index (χ1) is 6.86. The molecule has 86 valence electrons. The molecule has 1 amide bonds. The molecule has 1 heterocycles. The molecule has 15 heavy (non-hydrogen) atoms. The Labute approximate surface area is 90.5 Å². The standard InChI is InChI=1S/C11H19NO3/c1-11(2,3)12(10(14)15)7-4-5-9(12)6-8-13/h8-9H,4-7H2,1-3H3. The first kappa shape index (κ1) is 12.2. The van der Waals surface area contributed by atoms with E-state index in [4.69, 9.17) is 0 Å². The maximum Gasteiger partial charge on any atom is 0.258 e. The second kappa shape index (κ2) is 3.93. The zero-order valence-corrected chi connectivity index (χ0v) is 9.66. The summed E-state index contributed by atoms with van der Waals surface area (Å²) in [6, 6.07) is -0.118. The summed E-state index contributed by atoms with van der Waals surface area (Å²) in [5.41, 5.74) is -0.414. The van der Waals surface area contributed by atoms with Crippen molar-refractivity contribution in [2.45, 2.75) is 51.6 Å². The fourth-order valence-corrected chi connectivity index (χ4v) is 2.79. The van der Waals surface area contributed by atoms with Crippen molar-refractivity contribution in [1.82, 2.24) is 0 Å². The van der Waals surface area contributed by atoms with Crippen molar-refractivity contribution in [3.63, 3.8) is 0 Å². The van der Waals surface area contributed by atoms with Gasteiger partial charge in [-0.15, -0.1) is 0 Å². The number of rotatable bonds is 2. The van der Waals surface area contributed by atoms with Crippen molar-refractivity contribution in [2.75, 3.05) is 6.54 Å². The van der Waals surface area contributed by atoms with Crippen LogP contribution in [0, 0.1) is 0 Å². The molecule has 0 aromatic heterocycles. The molecule has 1 rings (SSSR count). The lowest BCUT2D eigenvalue weighted by atomic mass is 9.98. The Kier molecular flexibility index (Phi) is 3.19. The third-order valence-electron chi connectivity index (χ3n) is 3.56. The van der Waals surface area contributed by atoms with Crippen LogP contribution in [0.1, 0.15) is 40.0 Å². The van der Waals surface area contributed by atoms with Gasteiger partial charge in [0.2, 0.25) is 0 Å². The van der Waals surface area contributed by atoms with Gasteiger partial charge < -0.3 is 14.7 Å². The van der Waals surface area contributed by atoms with Crippen LogP contribution < -0.4 is 5.11 Å². The maximum absolute atomic E-state index is 11.4. The maximum atomic E-state index is 11.4. The SMILES string of the molecule is CC(C)(C)[N+]1(C(=O)[O-])CCCC1CC=O. The highest BCUT2D eigenvalue weighted by Gasteiger charge is 2.51. The Balaban J connectivity index is 3.09. The molecule has 0 spiro atoms. The van der Waals surface area contributed by atoms with Crippen molar-refractivity contribution in [3.05, 3.63) is 0 Å². The fraction of sp³-hybridized carbons (Fsp3) is 0.818. The largest absolute Gasteiger partial charge is 0.498 e. The second-order valence-electron chi connectivity index (χ2n) is 5.23. The van der Waals surface area contributed by atoms with Crippen LogP contribution >= 0.6 is 0 Å². The third kappa shape index (κ3) is 1.78. The number of carbonyl (C=O) groups excluding carboxylic acids is 2. The zero-order chi connectivity index (χ0) is 11.7. The molecule has 0 aliphatic carbocycles. The van der Waals surface area contributed by atoms with Crippen LogP contribution in [0.2, 0.25) is 0 Å². The van der Waals surface area contributed by atoms with Crippen molar-refractivity contribution >= 4 is 12.4 Å².